The Kier molecular flexibility index (Phi) is 3.34. The number of nitrogens with zero attached hydrogens (tertiary/aromatic N) is 1. The van der Waals surface area contributed by atoms with E-state index in [9.17, 15) is 0 Å². The average molecular weight is 143 g/mol. The predicted molar refractivity (Wildman–Crippen MR) is 37.3 cm³/mol. The van der Waals surface area contributed by atoms with Crippen molar-refractivity contribution in [3.8, 4) is 6.07 Å². The Morgan fingerprint density at radius 1 is 1.70 bits per heavy atom. The molecule has 0 amide bonds. The van der Waals surface area contributed by atoms with E-state index < -0.39 is 11.5 Å². The number of methoxy groups -OCH3 is 1. The number of ether oxygens (including phenoxy) is 1. The summed E-state index contributed by atoms with van der Waals surface area (Å²) in [5, 5.41) is 17.4. The number of aliphatic hydroxyl groups is 1. The zero-order valence-corrected chi connectivity index (χ0v) is 6.59. The van der Waals surface area contributed by atoms with Crippen LogP contribution >= 0.6 is 0 Å². The van der Waals surface area contributed by atoms with Crippen LogP contribution in [0.2, 0.25) is 0 Å². The van der Waals surface area contributed by atoms with Crippen molar-refractivity contribution in [1.29, 1.82) is 5.26 Å². The summed E-state index contributed by atoms with van der Waals surface area (Å²) >= 11 is 0. The number of rotatable bonds is 3. The van der Waals surface area contributed by atoms with Crippen LogP contribution in [0.1, 0.15) is 13.8 Å². The highest BCUT2D eigenvalue weighted by Crippen LogP contribution is 2.19. The Labute approximate surface area is 61.2 Å². The molecule has 0 fully saturated rings. The highest BCUT2D eigenvalue weighted by Gasteiger charge is 2.27. The number of hydrogen-bond donors (Lipinski definition) is 1. The molecule has 0 bridgehead atoms. The molecular formula is C7H13NO2. The molecule has 1 N–H and O–H groups in total. The van der Waals surface area contributed by atoms with Gasteiger partial charge in [0.05, 0.1) is 12.7 Å². The zero-order valence-electron chi connectivity index (χ0n) is 6.59. The molecule has 0 spiro atoms. The van der Waals surface area contributed by atoms with E-state index in [1.807, 2.05) is 0 Å². The molecule has 1 atom stereocenters. The third-order valence-electron chi connectivity index (χ3n) is 1.38. The summed E-state index contributed by atoms with van der Waals surface area (Å²) < 4.78 is 4.82. The molecule has 0 aliphatic rings. The molecule has 58 valence electrons. The van der Waals surface area contributed by atoms with Crippen molar-refractivity contribution in [2.24, 2.45) is 5.41 Å². The average Bonchev–Trinajstić information content (AvgIpc) is 1.86. The first-order valence-corrected chi connectivity index (χ1v) is 3.11. The van der Waals surface area contributed by atoms with Crippen LogP contribution in [0.5, 0.6) is 0 Å². The maximum Gasteiger partial charge on any atom is 0.147 e. The number of nitriles is 1. The summed E-state index contributed by atoms with van der Waals surface area (Å²) in [6.07, 6.45) is -0.951. The molecule has 0 radical (unpaired) electrons. The van der Waals surface area contributed by atoms with Gasteiger partial charge in [0.1, 0.15) is 6.10 Å². The summed E-state index contributed by atoms with van der Waals surface area (Å²) in [6.45, 7) is 3.95. The molecule has 0 heterocycles. The molecule has 1 unspecified atom stereocenters. The molecule has 0 aromatic heterocycles. The van der Waals surface area contributed by atoms with E-state index in [0.29, 0.717) is 6.61 Å². The molecule has 0 aliphatic heterocycles. The fourth-order valence-corrected chi connectivity index (χ4v) is 0.626. The molecule has 0 aromatic rings. The van der Waals surface area contributed by atoms with E-state index in [1.54, 1.807) is 27.0 Å². The van der Waals surface area contributed by atoms with E-state index >= 15 is 0 Å². The topological polar surface area (TPSA) is 53.2 Å². The summed E-state index contributed by atoms with van der Waals surface area (Å²) in [7, 11) is 1.55. The van der Waals surface area contributed by atoms with Gasteiger partial charge in [0.15, 0.2) is 0 Å². The van der Waals surface area contributed by atoms with Crippen molar-refractivity contribution in [1.82, 2.24) is 0 Å². The van der Waals surface area contributed by atoms with E-state index in [4.69, 9.17) is 15.1 Å². The van der Waals surface area contributed by atoms with Crippen molar-refractivity contribution in [2.45, 2.75) is 20.0 Å². The molecule has 0 aromatic carbocycles. The lowest BCUT2D eigenvalue weighted by atomic mass is 9.88. The van der Waals surface area contributed by atoms with E-state index in [-0.39, 0.29) is 0 Å². The Hall–Kier alpha value is -0.590. The quantitative estimate of drug-likeness (QED) is 0.587. The Balaban J connectivity index is 3.99. The van der Waals surface area contributed by atoms with Gasteiger partial charge in [0.2, 0.25) is 0 Å². The molecule has 0 saturated heterocycles. The minimum atomic E-state index is -0.951. The van der Waals surface area contributed by atoms with Gasteiger partial charge in [-0.3, -0.25) is 0 Å². The molecule has 10 heavy (non-hydrogen) atoms. The summed E-state index contributed by atoms with van der Waals surface area (Å²) in [5.41, 5.74) is -0.469. The lowest BCUT2D eigenvalue weighted by Crippen LogP contribution is -2.32. The molecular weight excluding hydrogens is 130 g/mol. The third-order valence-corrected chi connectivity index (χ3v) is 1.38. The van der Waals surface area contributed by atoms with Crippen LogP contribution in [0.25, 0.3) is 0 Å². The van der Waals surface area contributed by atoms with Crippen LogP contribution in [-0.2, 0) is 4.74 Å². The smallest absolute Gasteiger partial charge is 0.147 e. The number of hydrogen-bond acceptors (Lipinski definition) is 3. The molecule has 0 aliphatic carbocycles. The third kappa shape index (κ3) is 2.34. The van der Waals surface area contributed by atoms with Crippen LogP contribution in [-0.4, -0.2) is 24.9 Å². The van der Waals surface area contributed by atoms with Crippen molar-refractivity contribution in [2.75, 3.05) is 13.7 Å². The zero-order chi connectivity index (χ0) is 8.20. The van der Waals surface area contributed by atoms with Crippen molar-refractivity contribution in [3.63, 3.8) is 0 Å². The van der Waals surface area contributed by atoms with Crippen LogP contribution in [0.15, 0.2) is 0 Å². The Bertz CT molecular complexity index is 137. The van der Waals surface area contributed by atoms with Gasteiger partial charge in [0.25, 0.3) is 0 Å². The lowest BCUT2D eigenvalue weighted by Gasteiger charge is -2.24. The van der Waals surface area contributed by atoms with Crippen LogP contribution in [0, 0.1) is 16.7 Å². The van der Waals surface area contributed by atoms with Crippen molar-refractivity contribution >= 4 is 0 Å². The first kappa shape index (κ1) is 9.41. The monoisotopic (exact) mass is 143 g/mol. The molecule has 0 rings (SSSR count). The van der Waals surface area contributed by atoms with Gasteiger partial charge in [-0.05, 0) is 0 Å². The molecule has 3 heteroatoms. The van der Waals surface area contributed by atoms with Gasteiger partial charge < -0.3 is 9.84 Å². The second-order valence-corrected chi connectivity index (χ2v) is 2.95. The largest absolute Gasteiger partial charge is 0.384 e. The number of aliphatic hydroxyl groups excluding tert-OH is 1. The van der Waals surface area contributed by atoms with E-state index in [2.05, 4.69) is 0 Å². The normalized spacial score (nSPS) is 14.3. The summed E-state index contributed by atoms with van der Waals surface area (Å²) in [4.78, 5) is 0. The van der Waals surface area contributed by atoms with Gasteiger partial charge >= 0.3 is 0 Å². The summed E-state index contributed by atoms with van der Waals surface area (Å²) in [6, 6.07) is 1.77. The van der Waals surface area contributed by atoms with Crippen molar-refractivity contribution in [3.05, 3.63) is 0 Å². The van der Waals surface area contributed by atoms with Crippen LogP contribution in [0.4, 0.5) is 0 Å². The lowest BCUT2D eigenvalue weighted by molar-refractivity contribution is 0.0214. The Morgan fingerprint density at radius 3 is 2.50 bits per heavy atom. The van der Waals surface area contributed by atoms with Crippen molar-refractivity contribution < 1.29 is 9.84 Å². The molecule has 0 saturated carbocycles. The standard InChI is InChI=1S/C7H13NO2/c1-7(2,5-10-3)6(9)4-8/h6,9H,5H2,1-3H3. The predicted octanol–water partition coefficient (Wildman–Crippen LogP) is 0.543. The molecule has 3 nitrogen and oxygen atoms in total. The highest BCUT2D eigenvalue weighted by atomic mass is 16.5. The Morgan fingerprint density at radius 2 is 2.20 bits per heavy atom. The highest BCUT2D eigenvalue weighted by molar-refractivity contribution is 4.93. The maximum absolute atomic E-state index is 9.08. The van der Waals surface area contributed by atoms with Gasteiger partial charge in [0, 0.05) is 12.5 Å². The minimum Gasteiger partial charge on any atom is -0.384 e. The second-order valence-electron chi connectivity index (χ2n) is 2.95. The van der Waals surface area contributed by atoms with Gasteiger partial charge in [-0.1, -0.05) is 13.8 Å². The minimum absolute atomic E-state index is 0.391. The maximum atomic E-state index is 9.08. The SMILES string of the molecule is COCC(C)(C)C(O)C#N. The fraction of sp³-hybridized carbons (Fsp3) is 0.857. The van der Waals surface area contributed by atoms with Crippen LogP contribution < -0.4 is 0 Å². The van der Waals surface area contributed by atoms with Gasteiger partial charge in [-0.15, -0.1) is 0 Å². The first-order chi connectivity index (χ1) is 4.54. The van der Waals surface area contributed by atoms with E-state index in [1.165, 1.54) is 0 Å². The first-order valence-electron chi connectivity index (χ1n) is 3.11. The fourth-order valence-electron chi connectivity index (χ4n) is 0.626. The second kappa shape index (κ2) is 3.55. The summed E-state index contributed by atoms with van der Waals surface area (Å²) in [5.74, 6) is 0. The van der Waals surface area contributed by atoms with Gasteiger partial charge in [-0.2, -0.15) is 5.26 Å². The van der Waals surface area contributed by atoms with Crippen LogP contribution in [0.3, 0.4) is 0 Å². The van der Waals surface area contributed by atoms with E-state index in [0.717, 1.165) is 0 Å². The van der Waals surface area contributed by atoms with Gasteiger partial charge in [-0.25, -0.2) is 0 Å².